The lowest BCUT2D eigenvalue weighted by Crippen LogP contribution is -2.39. The van der Waals surface area contributed by atoms with E-state index >= 15 is 0 Å². The van der Waals surface area contributed by atoms with Crippen LogP contribution in [0.5, 0.6) is 0 Å². The Morgan fingerprint density at radius 3 is 2.21 bits per heavy atom. The number of hydrogen-bond acceptors (Lipinski definition) is 0. The minimum Gasteiger partial charge on any atom is -0.206 e. The van der Waals surface area contributed by atoms with Crippen molar-refractivity contribution in [2.45, 2.75) is 82.5 Å². The standard InChI is InChI=1S/C28H31F5/c1-2-3-4-5-6-19-7-9-20(10-8-19)21-11-13-22(14-12-21)24-17-23-15-16-27(30,31)28(32,33)26(23)25(29)18-24/h11-20H,2-10H2,1H3. The summed E-state index contributed by atoms with van der Waals surface area (Å²) in [6.07, 6.45) is 12.4. The highest BCUT2D eigenvalue weighted by Crippen LogP contribution is 2.50. The maximum atomic E-state index is 14.5. The smallest absolute Gasteiger partial charge is 0.206 e. The van der Waals surface area contributed by atoms with Gasteiger partial charge in [0.2, 0.25) is 0 Å². The predicted molar refractivity (Wildman–Crippen MR) is 123 cm³/mol. The minimum atomic E-state index is -4.57. The molecule has 0 amide bonds. The number of unbranched alkanes of at least 4 members (excludes halogenated alkanes) is 3. The molecule has 0 atom stereocenters. The largest absolute Gasteiger partial charge is 0.342 e. The van der Waals surface area contributed by atoms with Crippen LogP contribution in [0.1, 0.15) is 87.3 Å². The second-order valence-electron chi connectivity index (χ2n) is 9.64. The van der Waals surface area contributed by atoms with Crippen molar-refractivity contribution in [3.63, 3.8) is 0 Å². The Morgan fingerprint density at radius 1 is 0.848 bits per heavy atom. The van der Waals surface area contributed by atoms with Gasteiger partial charge in [0, 0.05) is 0 Å². The van der Waals surface area contributed by atoms with Crippen molar-refractivity contribution < 1.29 is 22.0 Å². The third kappa shape index (κ3) is 4.88. The van der Waals surface area contributed by atoms with Crippen molar-refractivity contribution >= 4 is 6.08 Å². The summed E-state index contributed by atoms with van der Waals surface area (Å²) in [6.45, 7) is 2.23. The molecule has 2 aromatic rings. The molecule has 0 bridgehead atoms. The van der Waals surface area contributed by atoms with E-state index < -0.39 is 23.2 Å². The van der Waals surface area contributed by atoms with Crippen LogP contribution in [0.2, 0.25) is 0 Å². The van der Waals surface area contributed by atoms with Gasteiger partial charge in [-0.1, -0.05) is 69.4 Å². The molecule has 0 nitrogen and oxygen atoms in total. The predicted octanol–water partition coefficient (Wildman–Crippen LogP) is 9.49. The molecule has 0 aliphatic heterocycles. The van der Waals surface area contributed by atoms with Crippen LogP contribution in [0, 0.1) is 11.7 Å². The molecule has 33 heavy (non-hydrogen) atoms. The first-order valence-electron chi connectivity index (χ1n) is 12.1. The number of fused-ring (bicyclic) bond motifs is 1. The highest BCUT2D eigenvalue weighted by Gasteiger charge is 2.59. The zero-order valence-corrected chi connectivity index (χ0v) is 19.0. The number of alkyl halides is 4. The highest BCUT2D eigenvalue weighted by molar-refractivity contribution is 5.71. The molecule has 0 spiro atoms. The summed E-state index contributed by atoms with van der Waals surface area (Å²) in [7, 11) is 0. The Kier molecular flexibility index (Phi) is 6.97. The molecule has 0 aromatic heterocycles. The summed E-state index contributed by atoms with van der Waals surface area (Å²) < 4.78 is 70.0. The lowest BCUT2D eigenvalue weighted by Gasteiger charge is -2.30. The molecule has 4 rings (SSSR count). The molecule has 0 heterocycles. The van der Waals surface area contributed by atoms with Crippen LogP contribution < -0.4 is 0 Å². The van der Waals surface area contributed by atoms with Crippen molar-refractivity contribution in [3.05, 3.63) is 65.0 Å². The average molecular weight is 463 g/mol. The van der Waals surface area contributed by atoms with Gasteiger partial charge in [-0.25, -0.2) is 4.39 Å². The van der Waals surface area contributed by atoms with Gasteiger partial charge in [0.15, 0.2) is 0 Å². The Labute approximate surface area is 192 Å². The van der Waals surface area contributed by atoms with E-state index in [-0.39, 0.29) is 11.6 Å². The van der Waals surface area contributed by atoms with E-state index in [1.807, 2.05) is 24.3 Å². The van der Waals surface area contributed by atoms with Crippen LogP contribution >= 0.6 is 0 Å². The second-order valence-corrected chi connectivity index (χ2v) is 9.64. The van der Waals surface area contributed by atoms with Crippen LogP contribution in [0.3, 0.4) is 0 Å². The SMILES string of the molecule is CCCCCCC1CCC(c2ccc(-c3cc(F)c4c(c3)C=CC(F)(F)C4(F)F)cc2)CC1. The lowest BCUT2D eigenvalue weighted by molar-refractivity contribution is -0.189. The topological polar surface area (TPSA) is 0 Å². The number of benzene rings is 2. The maximum absolute atomic E-state index is 14.5. The van der Waals surface area contributed by atoms with Gasteiger partial charge in [0.05, 0.1) is 5.56 Å². The molecule has 1 fully saturated rings. The van der Waals surface area contributed by atoms with Crippen LogP contribution in [0.4, 0.5) is 22.0 Å². The van der Waals surface area contributed by atoms with Crippen molar-refractivity contribution in [2.75, 3.05) is 0 Å². The van der Waals surface area contributed by atoms with Gasteiger partial charge < -0.3 is 0 Å². The van der Waals surface area contributed by atoms with Crippen molar-refractivity contribution in [1.29, 1.82) is 0 Å². The molecule has 2 aliphatic rings. The maximum Gasteiger partial charge on any atom is 0.342 e. The van der Waals surface area contributed by atoms with Gasteiger partial charge in [-0.15, -0.1) is 0 Å². The van der Waals surface area contributed by atoms with Gasteiger partial charge in [-0.2, -0.15) is 17.6 Å². The Bertz CT molecular complexity index is 982. The molecule has 5 heteroatoms. The number of hydrogen-bond donors (Lipinski definition) is 0. The molecular formula is C28H31F5. The summed E-state index contributed by atoms with van der Waals surface area (Å²) in [5.74, 6) is -8.95. The normalized spacial score (nSPS) is 23.3. The summed E-state index contributed by atoms with van der Waals surface area (Å²) in [6, 6.07) is 10.1. The van der Waals surface area contributed by atoms with Crippen LogP contribution in [0.25, 0.3) is 17.2 Å². The zero-order chi connectivity index (χ0) is 23.6. The first-order valence-corrected chi connectivity index (χ1v) is 12.1. The molecule has 0 unspecified atom stereocenters. The quantitative estimate of drug-likeness (QED) is 0.284. The Balaban J connectivity index is 1.44. The molecule has 2 aliphatic carbocycles. The van der Waals surface area contributed by atoms with Gasteiger partial charge in [-0.3, -0.25) is 0 Å². The van der Waals surface area contributed by atoms with Gasteiger partial charge >= 0.3 is 11.8 Å². The molecule has 178 valence electrons. The number of allylic oxidation sites excluding steroid dienone is 1. The fourth-order valence-corrected chi connectivity index (χ4v) is 5.32. The third-order valence-corrected chi connectivity index (χ3v) is 7.35. The van der Waals surface area contributed by atoms with Crippen LogP contribution in [-0.2, 0) is 5.92 Å². The fraction of sp³-hybridized carbons (Fsp3) is 0.500. The fourth-order valence-electron chi connectivity index (χ4n) is 5.32. The summed E-state index contributed by atoms with van der Waals surface area (Å²) in [4.78, 5) is 0. The monoisotopic (exact) mass is 462 g/mol. The molecule has 1 saturated carbocycles. The van der Waals surface area contributed by atoms with E-state index in [2.05, 4.69) is 6.92 Å². The van der Waals surface area contributed by atoms with Gasteiger partial charge in [0.25, 0.3) is 0 Å². The molecular weight excluding hydrogens is 431 g/mol. The van der Waals surface area contributed by atoms with Gasteiger partial charge in [-0.05, 0) is 78.0 Å². The van der Waals surface area contributed by atoms with Crippen LogP contribution in [0.15, 0.2) is 42.5 Å². The number of rotatable bonds is 7. The summed E-state index contributed by atoms with van der Waals surface area (Å²) in [5, 5.41) is 0. The van der Waals surface area contributed by atoms with E-state index in [1.54, 1.807) is 0 Å². The van der Waals surface area contributed by atoms with E-state index in [0.717, 1.165) is 18.1 Å². The number of halogens is 5. The van der Waals surface area contributed by atoms with E-state index in [1.165, 1.54) is 69.4 Å². The van der Waals surface area contributed by atoms with E-state index in [0.29, 0.717) is 17.0 Å². The molecule has 2 aromatic carbocycles. The van der Waals surface area contributed by atoms with Crippen molar-refractivity contribution in [3.8, 4) is 11.1 Å². The molecule has 0 radical (unpaired) electrons. The van der Waals surface area contributed by atoms with Crippen molar-refractivity contribution in [2.24, 2.45) is 5.92 Å². The minimum absolute atomic E-state index is 0.155. The summed E-state index contributed by atoms with van der Waals surface area (Å²) >= 11 is 0. The average Bonchev–Trinajstić information content (AvgIpc) is 2.80. The van der Waals surface area contributed by atoms with Crippen molar-refractivity contribution in [1.82, 2.24) is 0 Å². The Morgan fingerprint density at radius 2 is 1.55 bits per heavy atom. The molecule has 0 saturated heterocycles. The zero-order valence-electron chi connectivity index (χ0n) is 19.0. The van der Waals surface area contributed by atoms with Crippen LogP contribution in [-0.4, -0.2) is 5.92 Å². The first kappa shape index (κ1) is 24.0. The first-order chi connectivity index (χ1) is 15.7. The van der Waals surface area contributed by atoms with E-state index in [9.17, 15) is 22.0 Å². The Hall–Kier alpha value is -2.17. The molecule has 0 N–H and O–H groups in total. The third-order valence-electron chi connectivity index (χ3n) is 7.35. The second kappa shape index (κ2) is 9.60. The highest BCUT2D eigenvalue weighted by atomic mass is 19.3. The lowest BCUT2D eigenvalue weighted by atomic mass is 9.77. The van der Waals surface area contributed by atoms with E-state index in [4.69, 9.17) is 0 Å². The summed E-state index contributed by atoms with van der Waals surface area (Å²) in [5.41, 5.74) is 0.884. The van der Waals surface area contributed by atoms with Gasteiger partial charge in [0.1, 0.15) is 5.82 Å².